The first kappa shape index (κ1) is 30.2. The van der Waals surface area contributed by atoms with Crippen LogP contribution in [0.5, 0.6) is 0 Å². The largest absolute Gasteiger partial charge is 0.402 e. The molecule has 1 saturated carbocycles. The average molecular weight is 555 g/mol. The minimum atomic E-state index is -0.823. The highest BCUT2D eigenvalue weighted by Gasteiger charge is 2.43. The van der Waals surface area contributed by atoms with Gasteiger partial charge in [0.05, 0.1) is 6.07 Å². The zero-order valence-electron chi connectivity index (χ0n) is 22.9. The van der Waals surface area contributed by atoms with Crippen molar-refractivity contribution in [1.82, 2.24) is 16.0 Å². The van der Waals surface area contributed by atoms with Crippen molar-refractivity contribution in [2.75, 3.05) is 13.6 Å². The number of nitriles is 1. The van der Waals surface area contributed by atoms with Gasteiger partial charge in [-0.2, -0.15) is 5.26 Å². The average Bonchev–Trinajstić information content (AvgIpc) is 3.75. The number of amides is 2. The Hall–Kier alpha value is -4.39. The molecule has 8 nitrogen and oxygen atoms in total. The van der Waals surface area contributed by atoms with Crippen molar-refractivity contribution in [2.45, 2.75) is 38.8 Å². The first-order valence-electron chi connectivity index (χ1n) is 12.9. The standard InChI is InChI=1S/C19H23N3.C12H11N3O2S/c1-12(20)18(13(2)21)15-10-14-6-4-5-7-16(14)17(11-15)19(22-3)8-9-19;13-5-6-14-11(16)12(17)15-7-9-3-1-2-4-10(9)8-18/h4-7,10-11,20,22H,8-9,21H2,1-3H3;1-4,8H,6-7H2,(H,14,16)(H,15,17)/b18-13+,20-12?;. The van der Waals surface area contributed by atoms with Gasteiger partial charge < -0.3 is 27.1 Å². The van der Waals surface area contributed by atoms with Gasteiger partial charge >= 0.3 is 11.8 Å². The number of hydrogen-bond acceptors (Lipinski definition) is 7. The number of nitrogens with two attached hydrogens (primary N) is 1. The molecule has 4 rings (SSSR count). The minimum absolute atomic E-state index is 0.0825. The zero-order chi connectivity index (χ0) is 29.3. The summed E-state index contributed by atoms with van der Waals surface area (Å²) < 4.78 is 0. The van der Waals surface area contributed by atoms with Crippen LogP contribution in [0.3, 0.4) is 0 Å². The predicted octanol–water partition coefficient (Wildman–Crippen LogP) is 4.07. The van der Waals surface area contributed by atoms with Crippen LogP contribution in [-0.4, -0.2) is 36.5 Å². The van der Waals surface area contributed by atoms with Crippen LogP contribution in [0.4, 0.5) is 0 Å². The van der Waals surface area contributed by atoms with E-state index in [4.69, 9.17) is 28.6 Å². The van der Waals surface area contributed by atoms with Gasteiger partial charge in [-0.05, 0) is 78.9 Å². The van der Waals surface area contributed by atoms with E-state index in [2.05, 4.69) is 52.3 Å². The Bertz CT molecular complexity index is 1510. The lowest BCUT2D eigenvalue weighted by molar-refractivity contribution is -0.139. The van der Waals surface area contributed by atoms with Gasteiger partial charge in [-0.1, -0.05) is 60.7 Å². The molecule has 1 fully saturated rings. The van der Waals surface area contributed by atoms with Crippen LogP contribution < -0.4 is 21.7 Å². The molecule has 0 unspecified atom stereocenters. The second-order valence-corrected chi connectivity index (χ2v) is 9.84. The van der Waals surface area contributed by atoms with Crippen molar-refractivity contribution in [2.24, 2.45) is 5.73 Å². The zero-order valence-corrected chi connectivity index (χ0v) is 23.7. The summed E-state index contributed by atoms with van der Waals surface area (Å²) in [6.45, 7) is 3.68. The minimum Gasteiger partial charge on any atom is -0.402 e. The van der Waals surface area contributed by atoms with E-state index >= 15 is 0 Å². The van der Waals surface area contributed by atoms with Crippen LogP contribution in [0, 0.1) is 16.7 Å². The van der Waals surface area contributed by atoms with Crippen LogP contribution in [-0.2, 0) is 21.7 Å². The molecule has 9 heteroatoms. The molecule has 0 heterocycles. The van der Waals surface area contributed by atoms with E-state index in [1.807, 2.05) is 38.2 Å². The van der Waals surface area contributed by atoms with E-state index in [0.29, 0.717) is 11.4 Å². The van der Waals surface area contributed by atoms with E-state index in [1.165, 1.54) is 21.7 Å². The highest BCUT2D eigenvalue weighted by Crippen LogP contribution is 2.48. The van der Waals surface area contributed by atoms with Crippen LogP contribution in [0.15, 0.2) is 66.4 Å². The number of nitrogens with zero attached hydrogens (tertiary/aromatic N) is 1. The summed E-state index contributed by atoms with van der Waals surface area (Å²) in [7, 11) is 2.03. The molecule has 1 aliphatic rings. The number of benzene rings is 3. The molecule has 0 aliphatic heterocycles. The van der Waals surface area contributed by atoms with Crippen LogP contribution in [0.1, 0.15) is 48.9 Å². The van der Waals surface area contributed by atoms with Gasteiger partial charge in [0.15, 0.2) is 0 Å². The van der Waals surface area contributed by atoms with Gasteiger partial charge in [0.1, 0.15) is 6.54 Å². The first-order valence-corrected chi connectivity index (χ1v) is 13.3. The van der Waals surface area contributed by atoms with Crippen LogP contribution in [0.2, 0.25) is 0 Å². The third-order valence-corrected chi connectivity index (χ3v) is 7.07. The molecule has 3 aromatic carbocycles. The molecular formula is C31H34N6O2S. The van der Waals surface area contributed by atoms with E-state index in [0.717, 1.165) is 35.1 Å². The molecule has 2 amide bonds. The third-order valence-electron chi connectivity index (χ3n) is 6.82. The fraction of sp³-hybridized carbons (Fsp3) is 0.258. The highest BCUT2D eigenvalue weighted by molar-refractivity contribution is 7.79. The SMILES string of the molecule is CNC1(c2cc(/C(C(C)=N)=C(\C)N)cc3ccccc23)CC1.N#CCNC(=O)C(=O)NCc1ccccc1C=S. The second kappa shape index (κ2) is 13.6. The van der Waals surface area contributed by atoms with Crippen molar-refractivity contribution >= 4 is 51.5 Å². The Balaban J connectivity index is 0.000000226. The fourth-order valence-corrected chi connectivity index (χ4v) is 4.87. The fourth-order valence-electron chi connectivity index (χ4n) is 4.64. The lowest BCUT2D eigenvalue weighted by Crippen LogP contribution is -2.39. The van der Waals surface area contributed by atoms with Crippen molar-refractivity contribution < 1.29 is 9.59 Å². The number of rotatable bonds is 8. The molecule has 6 N–H and O–H groups in total. The first-order chi connectivity index (χ1) is 19.2. The summed E-state index contributed by atoms with van der Waals surface area (Å²) in [5.74, 6) is -1.60. The lowest BCUT2D eigenvalue weighted by Gasteiger charge is -2.20. The number of nitrogens with one attached hydrogen (secondary N) is 4. The Morgan fingerprint density at radius 3 is 2.33 bits per heavy atom. The van der Waals surface area contributed by atoms with Crippen molar-refractivity contribution in [3.63, 3.8) is 0 Å². The van der Waals surface area contributed by atoms with E-state index < -0.39 is 11.8 Å². The number of thiocarbonyl (C=S) groups is 1. The van der Waals surface area contributed by atoms with Gasteiger partial charge in [0.25, 0.3) is 0 Å². The third kappa shape index (κ3) is 7.17. The van der Waals surface area contributed by atoms with Crippen LogP contribution in [0.25, 0.3) is 16.3 Å². The Morgan fingerprint density at radius 2 is 1.73 bits per heavy atom. The Labute approximate surface area is 240 Å². The van der Waals surface area contributed by atoms with E-state index in [1.54, 1.807) is 13.0 Å². The summed E-state index contributed by atoms with van der Waals surface area (Å²) in [6.07, 6.45) is 2.31. The normalized spacial score (nSPS) is 13.6. The maximum Gasteiger partial charge on any atom is 0.310 e. The van der Waals surface area contributed by atoms with Crippen molar-refractivity contribution in [3.05, 3.63) is 88.6 Å². The van der Waals surface area contributed by atoms with Crippen molar-refractivity contribution in [3.8, 4) is 6.07 Å². The van der Waals surface area contributed by atoms with Crippen molar-refractivity contribution in [1.29, 1.82) is 10.7 Å². The molecule has 206 valence electrons. The number of hydrogen-bond donors (Lipinski definition) is 5. The number of allylic oxidation sites excluding steroid dienone is 2. The van der Waals surface area contributed by atoms with Gasteiger partial charge in [0.2, 0.25) is 0 Å². The van der Waals surface area contributed by atoms with Gasteiger partial charge in [-0.25, -0.2) is 0 Å². The summed E-state index contributed by atoms with van der Waals surface area (Å²) in [6, 6.07) is 21.8. The molecule has 0 radical (unpaired) electrons. The summed E-state index contributed by atoms with van der Waals surface area (Å²) in [5, 5.41) is 28.4. The molecule has 0 saturated heterocycles. The molecule has 0 aromatic heterocycles. The molecule has 0 atom stereocenters. The quantitative estimate of drug-likeness (QED) is 0.123. The number of carbonyl (C=O) groups excluding carboxylic acids is 2. The Morgan fingerprint density at radius 1 is 1.07 bits per heavy atom. The number of carbonyl (C=O) groups is 2. The Kier molecular flexibility index (Phi) is 10.3. The molecule has 1 aliphatic carbocycles. The van der Waals surface area contributed by atoms with E-state index in [-0.39, 0.29) is 18.6 Å². The van der Waals surface area contributed by atoms with E-state index in [9.17, 15) is 9.59 Å². The topological polar surface area (TPSA) is 144 Å². The molecule has 40 heavy (non-hydrogen) atoms. The molecular weight excluding hydrogens is 520 g/mol. The summed E-state index contributed by atoms with van der Waals surface area (Å²) in [5.41, 5.74) is 12.2. The maximum absolute atomic E-state index is 11.4. The smallest absolute Gasteiger partial charge is 0.310 e. The predicted molar refractivity (Wildman–Crippen MR) is 164 cm³/mol. The maximum atomic E-state index is 11.4. The molecule has 0 bridgehead atoms. The molecule has 0 spiro atoms. The second-order valence-electron chi connectivity index (χ2n) is 9.60. The van der Waals surface area contributed by atoms with Gasteiger partial charge in [-0.15, -0.1) is 0 Å². The molecule has 3 aromatic rings. The highest BCUT2D eigenvalue weighted by atomic mass is 32.1. The van der Waals surface area contributed by atoms with Gasteiger partial charge in [-0.3, -0.25) is 9.59 Å². The lowest BCUT2D eigenvalue weighted by atomic mass is 9.90. The number of fused-ring (bicyclic) bond motifs is 1. The monoisotopic (exact) mass is 554 g/mol. The van der Waals surface area contributed by atoms with Gasteiger partial charge in [0, 0.05) is 34.4 Å². The summed E-state index contributed by atoms with van der Waals surface area (Å²) in [4.78, 5) is 22.5. The van der Waals surface area contributed by atoms with Crippen LogP contribution >= 0.6 is 12.2 Å². The summed E-state index contributed by atoms with van der Waals surface area (Å²) >= 11 is 4.84.